The monoisotopic (exact) mass is 230 g/mol. The van der Waals surface area contributed by atoms with Crippen LogP contribution in [-0.4, -0.2) is 29.1 Å². The fourth-order valence-corrected chi connectivity index (χ4v) is 1.51. The number of anilines is 1. The van der Waals surface area contributed by atoms with Gasteiger partial charge in [0.2, 0.25) is 5.95 Å². The molecule has 0 aliphatic rings. The molecular formula is C12H14N4O. The first-order chi connectivity index (χ1) is 8.24. The number of nitrogens with zero attached hydrogens (tertiary/aromatic N) is 3. The number of pyridine rings is 1. The minimum Gasteiger partial charge on any atom is -0.495 e. The third kappa shape index (κ3) is 2.33. The van der Waals surface area contributed by atoms with Crippen molar-refractivity contribution in [3.63, 3.8) is 0 Å². The van der Waals surface area contributed by atoms with E-state index in [1.165, 1.54) is 0 Å². The van der Waals surface area contributed by atoms with Gasteiger partial charge in [0, 0.05) is 25.0 Å². The van der Waals surface area contributed by atoms with Crippen molar-refractivity contribution in [2.45, 2.75) is 6.92 Å². The number of nitrogens with one attached hydrogen (secondary N) is 1. The van der Waals surface area contributed by atoms with E-state index in [9.17, 15) is 0 Å². The Morgan fingerprint density at radius 2 is 2.06 bits per heavy atom. The third-order valence-electron chi connectivity index (χ3n) is 2.42. The van der Waals surface area contributed by atoms with Gasteiger partial charge in [-0.05, 0) is 18.6 Å². The van der Waals surface area contributed by atoms with E-state index >= 15 is 0 Å². The molecule has 0 unspecified atom stereocenters. The van der Waals surface area contributed by atoms with Gasteiger partial charge in [-0.1, -0.05) is 0 Å². The van der Waals surface area contributed by atoms with Crippen molar-refractivity contribution in [2.75, 3.05) is 19.5 Å². The van der Waals surface area contributed by atoms with Crippen molar-refractivity contribution >= 4 is 5.95 Å². The number of rotatable bonds is 3. The van der Waals surface area contributed by atoms with Crippen molar-refractivity contribution < 1.29 is 4.74 Å². The predicted molar refractivity (Wildman–Crippen MR) is 66.1 cm³/mol. The minimum atomic E-state index is 0.591. The van der Waals surface area contributed by atoms with Gasteiger partial charge < -0.3 is 10.1 Å². The van der Waals surface area contributed by atoms with Crippen LogP contribution in [0.1, 0.15) is 5.56 Å². The summed E-state index contributed by atoms with van der Waals surface area (Å²) in [5.41, 5.74) is 2.77. The van der Waals surface area contributed by atoms with Crippen molar-refractivity contribution in [3.8, 4) is 17.0 Å². The first-order valence-electron chi connectivity index (χ1n) is 5.25. The molecular weight excluding hydrogens is 216 g/mol. The summed E-state index contributed by atoms with van der Waals surface area (Å²) in [6.45, 7) is 1.97. The van der Waals surface area contributed by atoms with Gasteiger partial charge in [-0.3, -0.25) is 4.98 Å². The molecule has 0 saturated heterocycles. The molecule has 5 nitrogen and oxygen atoms in total. The Hall–Kier alpha value is -2.17. The van der Waals surface area contributed by atoms with Gasteiger partial charge in [-0.25, -0.2) is 9.97 Å². The zero-order valence-electron chi connectivity index (χ0n) is 10.1. The molecule has 2 aromatic rings. The van der Waals surface area contributed by atoms with Crippen molar-refractivity contribution in [2.24, 2.45) is 0 Å². The van der Waals surface area contributed by atoms with E-state index in [4.69, 9.17) is 4.74 Å². The number of aromatic nitrogens is 3. The average molecular weight is 230 g/mol. The molecule has 0 radical (unpaired) electrons. The summed E-state index contributed by atoms with van der Waals surface area (Å²) in [5.74, 6) is 1.31. The SMILES string of the molecule is CNc1ncc(C)c(-c2cncc(OC)c2)n1. The zero-order valence-corrected chi connectivity index (χ0v) is 10.1. The summed E-state index contributed by atoms with van der Waals surface area (Å²) in [6.07, 6.45) is 5.21. The first-order valence-corrected chi connectivity index (χ1v) is 5.25. The van der Waals surface area contributed by atoms with Crippen molar-refractivity contribution in [3.05, 3.63) is 30.2 Å². The number of hydrogen-bond acceptors (Lipinski definition) is 5. The summed E-state index contributed by atoms with van der Waals surface area (Å²) in [7, 11) is 3.41. The molecule has 0 aliphatic carbocycles. The van der Waals surface area contributed by atoms with Crippen LogP contribution in [0.2, 0.25) is 0 Å². The van der Waals surface area contributed by atoms with Crippen LogP contribution in [0.25, 0.3) is 11.3 Å². The van der Waals surface area contributed by atoms with Gasteiger partial charge in [0.25, 0.3) is 0 Å². The lowest BCUT2D eigenvalue weighted by Gasteiger charge is -2.07. The van der Waals surface area contributed by atoms with Crippen LogP contribution in [0.15, 0.2) is 24.7 Å². The molecule has 2 aromatic heterocycles. The Balaban J connectivity index is 2.50. The third-order valence-corrected chi connectivity index (χ3v) is 2.42. The second kappa shape index (κ2) is 4.78. The Labute approximate surface area is 99.9 Å². The van der Waals surface area contributed by atoms with E-state index in [-0.39, 0.29) is 0 Å². The second-order valence-electron chi connectivity index (χ2n) is 3.59. The van der Waals surface area contributed by atoms with E-state index in [1.54, 1.807) is 32.7 Å². The van der Waals surface area contributed by atoms with Gasteiger partial charge in [0.05, 0.1) is 19.0 Å². The smallest absolute Gasteiger partial charge is 0.222 e. The van der Waals surface area contributed by atoms with Gasteiger partial charge in [0.1, 0.15) is 5.75 Å². The highest BCUT2D eigenvalue weighted by atomic mass is 16.5. The molecule has 88 valence electrons. The lowest BCUT2D eigenvalue weighted by Crippen LogP contribution is -1.99. The lowest BCUT2D eigenvalue weighted by molar-refractivity contribution is 0.413. The Bertz CT molecular complexity index is 528. The number of methoxy groups -OCH3 is 1. The number of aryl methyl sites for hydroxylation is 1. The van der Waals surface area contributed by atoms with E-state index < -0.39 is 0 Å². The molecule has 0 saturated carbocycles. The number of hydrogen-bond donors (Lipinski definition) is 1. The molecule has 0 spiro atoms. The Morgan fingerprint density at radius 1 is 1.24 bits per heavy atom. The van der Waals surface area contributed by atoms with Crippen LogP contribution >= 0.6 is 0 Å². The fraction of sp³-hybridized carbons (Fsp3) is 0.250. The Kier molecular flexibility index (Phi) is 3.18. The maximum absolute atomic E-state index is 5.15. The van der Waals surface area contributed by atoms with Gasteiger partial charge in [-0.2, -0.15) is 0 Å². The van der Waals surface area contributed by atoms with Crippen LogP contribution in [0.5, 0.6) is 5.75 Å². The molecule has 17 heavy (non-hydrogen) atoms. The zero-order chi connectivity index (χ0) is 12.3. The normalized spacial score (nSPS) is 10.1. The molecule has 0 aromatic carbocycles. The highest BCUT2D eigenvalue weighted by Gasteiger charge is 2.07. The molecule has 2 rings (SSSR count). The van der Waals surface area contributed by atoms with E-state index in [0.29, 0.717) is 11.7 Å². The second-order valence-corrected chi connectivity index (χ2v) is 3.59. The topological polar surface area (TPSA) is 59.9 Å². The van der Waals surface area contributed by atoms with Crippen molar-refractivity contribution in [1.82, 2.24) is 15.0 Å². The predicted octanol–water partition coefficient (Wildman–Crippen LogP) is 1.90. The largest absolute Gasteiger partial charge is 0.495 e. The molecule has 0 fully saturated rings. The van der Waals surface area contributed by atoms with Gasteiger partial charge in [0.15, 0.2) is 0 Å². The Morgan fingerprint density at radius 3 is 2.76 bits per heavy atom. The molecule has 1 N–H and O–H groups in total. The maximum Gasteiger partial charge on any atom is 0.222 e. The summed E-state index contributed by atoms with van der Waals surface area (Å²) in [6, 6.07) is 1.90. The van der Waals surface area contributed by atoms with Crippen LogP contribution in [0.4, 0.5) is 5.95 Å². The van der Waals surface area contributed by atoms with E-state index in [1.807, 2.05) is 13.0 Å². The molecule has 0 atom stereocenters. The fourth-order valence-electron chi connectivity index (χ4n) is 1.51. The molecule has 0 aliphatic heterocycles. The summed E-state index contributed by atoms with van der Waals surface area (Å²) in [4.78, 5) is 12.7. The number of ether oxygens (including phenoxy) is 1. The quantitative estimate of drug-likeness (QED) is 0.872. The van der Waals surface area contributed by atoms with Crippen LogP contribution in [0, 0.1) is 6.92 Å². The summed E-state index contributed by atoms with van der Waals surface area (Å²) >= 11 is 0. The van der Waals surface area contributed by atoms with Crippen molar-refractivity contribution in [1.29, 1.82) is 0 Å². The minimum absolute atomic E-state index is 0.591. The highest BCUT2D eigenvalue weighted by Crippen LogP contribution is 2.24. The van der Waals surface area contributed by atoms with Crippen LogP contribution in [0.3, 0.4) is 0 Å². The highest BCUT2D eigenvalue weighted by molar-refractivity contribution is 5.64. The van der Waals surface area contributed by atoms with Crippen LogP contribution in [-0.2, 0) is 0 Å². The average Bonchev–Trinajstić information content (AvgIpc) is 2.39. The summed E-state index contributed by atoms with van der Waals surface area (Å²) < 4.78 is 5.15. The molecule has 2 heterocycles. The lowest BCUT2D eigenvalue weighted by atomic mass is 10.1. The van der Waals surface area contributed by atoms with E-state index in [2.05, 4.69) is 20.3 Å². The van der Waals surface area contributed by atoms with Gasteiger partial charge in [-0.15, -0.1) is 0 Å². The van der Waals surface area contributed by atoms with E-state index in [0.717, 1.165) is 16.8 Å². The van der Waals surface area contributed by atoms with Gasteiger partial charge >= 0.3 is 0 Å². The molecule has 5 heteroatoms. The standard InChI is InChI=1S/C12H14N4O/c1-8-5-15-12(13-2)16-11(8)9-4-10(17-3)7-14-6-9/h4-7H,1-3H3,(H,13,15,16). The summed E-state index contributed by atoms with van der Waals surface area (Å²) in [5, 5.41) is 2.92. The molecule has 0 bridgehead atoms. The maximum atomic E-state index is 5.15. The first kappa shape index (κ1) is 11.3. The van der Waals surface area contributed by atoms with Crippen LogP contribution < -0.4 is 10.1 Å². The molecule has 0 amide bonds.